The molecule has 1 unspecified atom stereocenters. The second-order valence-electron chi connectivity index (χ2n) is 4.67. The van der Waals surface area contributed by atoms with Gasteiger partial charge in [0.2, 0.25) is 0 Å². The second-order valence-corrected chi connectivity index (χ2v) is 6.60. The van der Waals surface area contributed by atoms with Crippen molar-refractivity contribution in [3.63, 3.8) is 0 Å². The SMILES string of the molecule is CC(C)(C)[S+]([O-])/N=C/C1(ONC(=O)O)CC1. The number of amides is 1. The molecule has 1 saturated carbocycles. The van der Waals surface area contributed by atoms with E-state index in [1.54, 1.807) is 0 Å². The van der Waals surface area contributed by atoms with Gasteiger partial charge in [-0.2, -0.15) is 5.48 Å². The van der Waals surface area contributed by atoms with Crippen LogP contribution in [0.5, 0.6) is 0 Å². The summed E-state index contributed by atoms with van der Waals surface area (Å²) in [5.41, 5.74) is 1.14. The molecule has 6 nitrogen and oxygen atoms in total. The summed E-state index contributed by atoms with van der Waals surface area (Å²) in [7, 11) is 0. The van der Waals surface area contributed by atoms with Gasteiger partial charge in [-0.1, -0.05) is 4.40 Å². The number of carbonyl (C=O) groups is 1. The summed E-state index contributed by atoms with van der Waals surface area (Å²) in [6.07, 6.45) is 1.54. The van der Waals surface area contributed by atoms with Gasteiger partial charge in [0.1, 0.15) is 21.7 Å². The highest BCUT2D eigenvalue weighted by atomic mass is 32.2. The summed E-state index contributed by atoms with van der Waals surface area (Å²) in [6, 6.07) is 0. The lowest BCUT2D eigenvalue weighted by molar-refractivity contribution is 0.00518. The predicted molar refractivity (Wildman–Crippen MR) is 60.6 cm³/mol. The maximum absolute atomic E-state index is 11.6. The van der Waals surface area contributed by atoms with Gasteiger partial charge in [-0.3, -0.25) is 4.84 Å². The van der Waals surface area contributed by atoms with Crippen molar-refractivity contribution in [2.45, 2.75) is 44.0 Å². The van der Waals surface area contributed by atoms with Crippen LogP contribution in [0.2, 0.25) is 0 Å². The quantitative estimate of drug-likeness (QED) is 0.445. The average Bonchev–Trinajstić information content (AvgIpc) is 2.90. The minimum atomic E-state index is -1.34. The molecule has 0 bridgehead atoms. The van der Waals surface area contributed by atoms with Gasteiger partial charge in [-0.15, -0.1) is 0 Å². The van der Waals surface area contributed by atoms with E-state index in [9.17, 15) is 9.35 Å². The molecule has 0 saturated heterocycles. The van der Waals surface area contributed by atoms with Crippen LogP contribution >= 0.6 is 0 Å². The highest BCUT2D eigenvalue weighted by Gasteiger charge is 2.45. The lowest BCUT2D eigenvalue weighted by Crippen LogP contribution is -2.32. The maximum Gasteiger partial charge on any atom is 0.428 e. The first-order chi connectivity index (χ1) is 7.25. The van der Waals surface area contributed by atoms with E-state index in [0.29, 0.717) is 12.8 Å². The van der Waals surface area contributed by atoms with Gasteiger partial charge >= 0.3 is 6.09 Å². The molecule has 16 heavy (non-hydrogen) atoms. The van der Waals surface area contributed by atoms with Crippen molar-refractivity contribution in [3.8, 4) is 0 Å². The fraction of sp³-hybridized carbons (Fsp3) is 0.778. The Labute approximate surface area is 97.4 Å². The maximum atomic E-state index is 11.6. The van der Waals surface area contributed by atoms with Crippen molar-refractivity contribution < 1.29 is 19.3 Å². The molecule has 1 aliphatic carbocycles. The van der Waals surface area contributed by atoms with Crippen molar-refractivity contribution in [1.29, 1.82) is 0 Å². The molecule has 0 spiro atoms. The first-order valence-electron chi connectivity index (χ1n) is 4.89. The molecule has 1 atom stereocenters. The Morgan fingerprint density at radius 1 is 1.62 bits per heavy atom. The Morgan fingerprint density at radius 2 is 2.19 bits per heavy atom. The van der Waals surface area contributed by atoms with Crippen molar-refractivity contribution in [2.24, 2.45) is 4.40 Å². The highest BCUT2D eigenvalue weighted by molar-refractivity contribution is 7.91. The predicted octanol–water partition coefficient (Wildman–Crippen LogP) is 1.25. The number of carboxylic acid groups (broad SMARTS) is 1. The summed E-state index contributed by atoms with van der Waals surface area (Å²) in [5.74, 6) is 0. The van der Waals surface area contributed by atoms with Crippen LogP contribution in [-0.2, 0) is 16.2 Å². The fourth-order valence-electron chi connectivity index (χ4n) is 0.828. The Balaban J connectivity index is 2.47. The molecule has 0 aromatic carbocycles. The van der Waals surface area contributed by atoms with Gasteiger partial charge in [0, 0.05) is 0 Å². The summed E-state index contributed by atoms with van der Waals surface area (Å²) in [6.45, 7) is 5.45. The molecular weight excluding hydrogens is 232 g/mol. The number of rotatable bonds is 4. The minimum Gasteiger partial charge on any atom is -0.591 e. The topological polar surface area (TPSA) is 94.0 Å². The summed E-state index contributed by atoms with van der Waals surface area (Å²) in [5, 5.41) is 8.37. The van der Waals surface area contributed by atoms with Gasteiger partial charge in [0.25, 0.3) is 0 Å². The zero-order valence-electron chi connectivity index (χ0n) is 9.52. The smallest absolute Gasteiger partial charge is 0.428 e. The van der Waals surface area contributed by atoms with Crippen LogP contribution in [0.3, 0.4) is 0 Å². The summed E-state index contributed by atoms with van der Waals surface area (Å²) in [4.78, 5) is 15.2. The number of nitrogens with zero attached hydrogens (tertiary/aromatic N) is 1. The van der Waals surface area contributed by atoms with Crippen LogP contribution in [0, 0.1) is 0 Å². The molecule has 0 radical (unpaired) electrons. The lowest BCUT2D eigenvalue weighted by atomic mass is 10.3. The van der Waals surface area contributed by atoms with Gasteiger partial charge in [0.05, 0.1) is 6.21 Å². The molecule has 2 N–H and O–H groups in total. The third-order valence-electron chi connectivity index (χ3n) is 1.99. The number of hydrogen-bond donors (Lipinski definition) is 2. The molecule has 0 aromatic rings. The van der Waals surface area contributed by atoms with Crippen LogP contribution in [0.25, 0.3) is 0 Å². The normalized spacial score (nSPS) is 20.8. The zero-order valence-corrected chi connectivity index (χ0v) is 10.3. The molecular formula is C9H16N2O4S. The van der Waals surface area contributed by atoms with Gasteiger partial charge in [-0.25, -0.2) is 4.79 Å². The summed E-state index contributed by atoms with van der Waals surface area (Å²) < 4.78 is 15.1. The number of hydroxylamine groups is 1. The van der Waals surface area contributed by atoms with Gasteiger partial charge in [-0.05, 0) is 33.6 Å². The first kappa shape index (κ1) is 13.3. The Bertz CT molecular complexity index is 296. The van der Waals surface area contributed by atoms with Crippen molar-refractivity contribution in [1.82, 2.24) is 5.48 Å². The van der Waals surface area contributed by atoms with E-state index >= 15 is 0 Å². The van der Waals surface area contributed by atoms with Crippen LogP contribution in [-0.4, -0.2) is 32.3 Å². The third-order valence-corrected chi connectivity index (χ3v) is 3.34. The van der Waals surface area contributed by atoms with Crippen LogP contribution < -0.4 is 5.48 Å². The largest absolute Gasteiger partial charge is 0.591 e. The monoisotopic (exact) mass is 248 g/mol. The van der Waals surface area contributed by atoms with E-state index in [4.69, 9.17) is 9.94 Å². The minimum absolute atomic E-state index is 0.424. The zero-order chi connectivity index (χ0) is 12.4. The molecule has 0 aliphatic heterocycles. The first-order valence-corrected chi connectivity index (χ1v) is 6.00. The highest BCUT2D eigenvalue weighted by Crippen LogP contribution is 2.37. The molecule has 1 aliphatic rings. The Hall–Kier alpha value is -0.790. The fourth-order valence-corrected chi connectivity index (χ4v) is 1.43. The molecule has 1 rings (SSSR count). The van der Waals surface area contributed by atoms with Gasteiger partial charge < -0.3 is 9.66 Å². The van der Waals surface area contributed by atoms with E-state index in [-0.39, 0.29) is 0 Å². The van der Waals surface area contributed by atoms with Crippen LogP contribution in [0.4, 0.5) is 4.79 Å². The van der Waals surface area contributed by atoms with E-state index in [1.165, 1.54) is 6.21 Å². The van der Waals surface area contributed by atoms with Gasteiger partial charge in [0.15, 0.2) is 0 Å². The Morgan fingerprint density at radius 3 is 2.56 bits per heavy atom. The standard InChI is InChI=1S/C9H16N2O4S/c1-8(2,3)16(14)10-6-9(4-5-9)15-11-7(12)13/h6,11H,4-5H2,1-3H3,(H,12,13)/b10-6+. The molecule has 0 aromatic heterocycles. The van der Waals surface area contributed by atoms with Crippen molar-refractivity contribution >= 4 is 23.7 Å². The second kappa shape index (κ2) is 4.60. The summed E-state index contributed by atoms with van der Waals surface area (Å²) >= 11 is -1.34. The lowest BCUT2D eigenvalue weighted by Gasteiger charge is -2.18. The van der Waals surface area contributed by atoms with Crippen LogP contribution in [0.15, 0.2) is 4.40 Å². The third kappa shape index (κ3) is 3.99. The molecule has 92 valence electrons. The van der Waals surface area contributed by atoms with E-state index < -0.39 is 27.8 Å². The van der Waals surface area contributed by atoms with E-state index in [1.807, 2.05) is 26.3 Å². The Kier molecular flexibility index (Phi) is 3.82. The van der Waals surface area contributed by atoms with Crippen molar-refractivity contribution in [2.75, 3.05) is 0 Å². The molecule has 1 fully saturated rings. The molecule has 0 heterocycles. The molecule has 1 amide bonds. The number of nitrogens with one attached hydrogen (secondary N) is 1. The van der Waals surface area contributed by atoms with Crippen LogP contribution in [0.1, 0.15) is 33.6 Å². The van der Waals surface area contributed by atoms with Crippen molar-refractivity contribution in [3.05, 3.63) is 0 Å². The van der Waals surface area contributed by atoms with E-state index in [0.717, 1.165) is 0 Å². The van der Waals surface area contributed by atoms with E-state index in [2.05, 4.69) is 4.40 Å². The molecule has 7 heteroatoms. The average molecular weight is 248 g/mol. The number of hydrogen-bond acceptors (Lipinski definition) is 4.